The molecule has 110 valence electrons. The van der Waals surface area contributed by atoms with Crippen LogP contribution in [0.25, 0.3) is 0 Å². The molecular formula is C17H19NO3. The molecule has 0 aliphatic carbocycles. The standard InChI is InChI=1S/C17H19NO3/c1-20-14-9-10-16(17(19)12-14)18-15(8-5-11-21-18)13-6-3-2-4-7-13/h2-4,6-7,9-10,12,15,19H,5,8,11H2,1H3. The van der Waals surface area contributed by atoms with E-state index in [2.05, 4.69) is 12.1 Å². The summed E-state index contributed by atoms with van der Waals surface area (Å²) in [4.78, 5) is 5.82. The van der Waals surface area contributed by atoms with Gasteiger partial charge in [0.05, 0.1) is 19.8 Å². The topological polar surface area (TPSA) is 41.9 Å². The van der Waals surface area contributed by atoms with Crippen molar-refractivity contribution in [2.75, 3.05) is 18.8 Å². The Morgan fingerprint density at radius 1 is 1.19 bits per heavy atom. The Bertz CT molecular complexity index is 600. The minimum absolute atomic E-state index is 0.110. The van der Waals surface area contributed by atoms with Crippen molar-refractivity contribution in [2.45, 2.75) is 18.9 Å². The van der Waals surface area contributed by atoms with E-state index in [1.807, 2.05) is 35.4 Å². The Hall–Kier alpha value is -2.20. The van der Waals surface area contributed by atoms with Gasteiger partial charge in [0, 0.05) is 6.07 Å². The Kier molecular flexibility index (Phi) is 3.97. The van der Waals surface area contributed by atoms with Gasteiger partial charge in [-0.1, -0.05) is 30.3 Å². The number of aromatic hydroxyl groups is 1. The van der Waals surface area contributed by atoms with Crippen LogP contribution in [-0.2, 0) is 4.84 Å². The van der Waals surface area contributed by atoms with Gasteiger partial charge in [-0.2, -0.15) is 0 Å². The second kappa shape index (κ2) is 6.06. The first-order valence-corrected chi connectivity index (χ1v) is 7.13. The predicted molar refractivity (Wildman–Crippen MR) is 81.5 cm³/mol. The van der Waals surface area contributed by atoms with E-state index in [0.29, 0.717) is 18.0 Å². The average molecular weight is 285 g/mol. The summed E-state index contributed by atoms with van der Waals surface area (Å²) in [6.07, 6.45) is 2.00. The molecule has 1 fully saturated rings. The summed E-state index contributed by atoms with van der Waals surface area (Å²) >= 11 is 0. The molecule has 1 unspecified atom stereocenters. The maximum absolute atomic E-state index is 10.2. The first-order chi connectivity index (χ1) is 10.3. The SMILES string of the molecule is COc1ccc(N2OCCCC2c2ccccc2)c(O)c1. The van der Waals surface area contributed by atoms with Gasteiger partial charge in [-0.05, 0) is 30.5 Å². The van der Waals surface area contributed by atoms with Crippen LogP contribution in [0.15, 0.2) is 48.5 Å². The number of hydrogen-bond acceptors (Lipinski definition) is 4. The van der Waals surface area contributed by atoms with Crippen LogP contribution in [0.3, 0.4) is 0 Å². The first kappa shape index (κ1) is 13.8. The molecule has 4 heteroatoms. The van der Waals surface area contributed by atoms with Crippen LogP contribution in [0.1, 0.15) is 24.4 Å². The number of benzene rings is 2. The van der Waals surface area contributed by atoms with Gasteiger partial charge in [-0.3, -0.25) is 4.84 Å². The quantitative estimate of drug-likeness (QED) is 0.934. The fraction of sp³-hybridized carbons (Fsp3) is 0.294. The van der Waals surface area contributed by atoms with Crippen molar-refractivity contribution >= 4 is 5.69 Å². The Morgan fingerprint density at radius 2 is 2.00 bits per heavy atom. The van der Waals surface area contributed by atoms with E-state index in [1.54, 1.807) is 13.2 Å². The van der Waals surface area contributed by atoms with E-state index in [0.717, 1.165) is 12.8 Å². The molecule has 1 aliphatic rings. The van der Waals surface area contributed by atoms with E-state index in [9.17, 15) is 5.11 Å². The molecule has 0 bridgehead atoms. The maximum atomic E-state index is 10.2. The third-order valence-corrected chi connectivity index (χ3v) is 3.74. The van der Waals surface area contributed by atoms with Crippen molar-refractivity contribution < 1.29 is 14.7 Å². The Morgan fingerprint density at radius 3 is 2.71 bits per heavy atom. The summed E-state index contributed by atoms with van der Waals surface area (Å²) in [5.74, 6) is 0.793. The lowest BCUT2D eigenvalue weighted by atomic mass is 10.00. The lowest BCUT2D eigenvalue weighted by Gasteiger charge is -2.36. The Balaban J connectivity index is 1.94. The van der Waals surface area contributed by atoms with Crippen LogP contribution < -0.4 is 9.80 Å². The van der Waals surface area contributed by atoms with Crippen LogP contribution in [0.2, 0.25) is 0 Å². The molecule has 0 radical (unpaired) electrons. The number of rotatable bonds is 3. The molecule has 3 rings (SSSR count). The second-order valence-corrected chi connectivity index (χ2v) is 5.08. The molecule has 0 saturated carbocycles. The number of methoxy groups -OCH3 is 1. The number of anilines is 1. The fourth-order valence-corrected chi connectivity index (χ4v) is 2.68. The van der Waals surface area contributed by atoms with Crippen molar-refractivity contribution in [3.8, 4) is 11.5 Å². The van der Waals surface area contributed by atoms with Gasteiger partial charge in [0.25, 0.3) is 0 Å². The summed E-state index contributed by atoms with van der Waals surface area (Å²) in [7, 11) is 1.58. The maximum Gasteiger partial charge on any atom is 0.144 e. The second-order valence-electron chi connectivity index (χ2n) is 5.08. The summed E-state index contributed by atoms with van der Waals surface area (Å²) in [6, 6.07) is 15.6. The zero-order chi connectivity index (χ0) is 14.7. The summed E-state index contributed by atoms with van der Waals surface area (Å²) in [5, 5.41) is 12.1. The highest BCUT2D eigenvalue weighted by Crippen LogP contribution is 2.39. The van der Waals surface area contributed by atoms with Crippen LogP contribution >= 0.6 is 0 Å². The fourth-order valence-electron chi connectivity index (χ4n) is 2.68. The summed E-state index contributed by atoms with van der Waals surface area (Å²) in [5.41, 5.74) is 1.86. The summed E-state index contributed by atoms with van der Waals surface area (Å²) in [6.45, 7) is 0.662. The van der Waals surface area contributed by atoms with Crippen molar-refractivity contribution in [3.63, 3.8) is 0 Å². The molecular weight excluding hydrogens is 266 g/mol. The highest BCUT2D eigenvalue weighted by molar-refractivity contribution is 5.60. The van der Waals surface area contributed by atoms with Crippen LogP contribution in [0.5, 0.6) is 11.5 Å². The van der Waals surface area contributed by atoms with Crippen molar-refractivity contribution in [3.05, 3.63) is 54.1 Å². The number of hydroxylamine groups is 1. The molecule has 1 atom stereocenters. The van der Waals surface area contributed by atoms with Crippen molar-refractivity contribution in [2.24, 2.45) is 0 Å². The van der Waals surface area contributed by atoms with E-state index >= 15 is 0 Å². The first-order valence-electron chi connectivity index (χ1n) is 7.13. The molecule has 2 aromatic carbocycles. The Labute approximate surface area is 124 Å². The van der Waals surface area contributed by atoms with Gasteiger partial charge >= 0.3 is 0 Å². The molecule has 4 nitrogen and oxygen atoms in total. The molecule has 2 aromatic rings. The molecule has 0 spiro atoms. The molecule has 1 saturated heterocycles. The van der Waals surface area contributed by atoms with Crippen molar-refractivity contribution in [1.82, 2.24) is 0 Å². The van der Waals surface area contributed by atoms with Crippen LogP contribution in [-0.4, -0.2) is 18.8 Å². The molecule has 1 N–H and O–H groups in total. The van der Waals surface area contributed by atoms with Gasteiger partial charge in [-0.25, -0.2) is 5.06 Å². The van der Waals surface area contributed by atoms with E-state index in [4.69, 9.17) is 9.57 Å². The smallest absolute Gasteiger partial charge is 0.144 e. The van der Waals surface area contributed by atoms with Crippen LogP contribution in [0.4, 0.5) is 5.69 Å². The predicted octanol–water partition coefficient (Wildman–Crippen LogP) is 3.67. The molecule has 0 amide bonds. The lowest BCUT2D eigenvalue weighted by Crippen LogP contribution is -2.33. The largest absolute Gasteiger partial charge is 0.506 e. The van der Waals surface area contributed by atoms with Crippen LogP contribution in [0, 0.1) is 0 Å². The number of hydrogen-bond donors (Lipinski definition) is 1. The third kappa shape index (κ3) is 2.81. The lowest BCUT2D eigenvalue weighted by molar-refractivity contribution is 0.0472. The minimum atomic E-state index is 0.110. The molecule has 21 heavy (non-hydrogen) atoms. The van der Waals surface area contributed by atoms with E-state index in [1.165, 1.54) is 5.56 Å². The molecule has 1 heterocycles. The highest BCUT2D eigenvalue weighted by atomic mass is 16.7. The van der Waals surface area contributed by atoms with Crippen molar-refractivity contribution in [1.29, 1.82) is 0 Å². The van der Waals surface area contributed by atoms with Gasteiger partial charge in [0.1, 0.15) is 17.2 Å². The summed E-state index contributed by atoms with van der Waals surface area (Å²) < 4.78 is 5.13. The molecule has 1 aliphatic heterocycles. The van der Waals surface area contributed by atoms with Gasteiger partial charge < -0.3 is 9.84 Å². The normalized spacial score (nSPS) is 18.5. The zero-order valence-electron chi connectivity index (χ0n) is 12.0. The van der Waals surface area contributed by atoms with Gasteiger partial charge in [0.2, 0.25) is 0 Å². The van der Waals surface area contributed by atoms with Gasteiger partial charge in [-0.15, -0.1) is 0 Å². The number of ether oxygens (including phenoxy) is 1. The monoisotopic (exact) mass is 285 g/mol. The molecule has 0 aromatic heterocycles. The average Bonchev–Trinajstić information content (AvgIpc) is 2.55. The number of nitrogens with zero attached hydrogens (tertiary/aromatic N) is 1. The minimum Gasteiger partial charge on any atom is -0.506 e. The van der Waals surface area contributed by atoms with E-state index < -0.39 is 0 Å². The number of phenols is 1. The zero-order valence-corrected chi connectivity index (χ0v) is 12.0. The highest BCUT2D eigenvalue weighted by Gasteiger charge is 2.27. The third-order valence-electron chi connectivity index (χ3n) is 3.74. The van der Waals surface area contributed by atoms with Gasteiger partial charge in [0.15, 0.2) is 0 Å². The number of phenolic OH excluding ortho intramolecular Hbond substituents is 1. The van der Waals surface area contributed by atoms with E-state index in [-0.39, 0.29) is 11.8 Å².